The van der Waals surface area contributed by atoms with Crippen LogP contribution in [0.4, 0.5) is 0 Å². The summed E-state index contributed by atoms with van der Waals surface area (Å²) in [6.07, 6.45) is 4.27. The van der Waals surface area contributed by atoms with Crippen LogP contribution < -0.4 is 0 Å². The Morgan fingerprint density at radius 2 is 1.94 bits per heavy atom. The van der Waals surface area contributed by atoms with E-state index in [9.17, 15) is 4.79 Å². The molecule has 5 rings (SSSR count). The molecule has 1 fully saturated rings. The number of aromatic nitrogens is 1. The minimum atomic E-state index is -0.197. The van der Waals surface area contributed by atoms with Crippen LogP contribution in [-0.4, -0.2) is 54.5 Å². The fourth-order valence-corrected chi connectivity index (χ4v) is 6.07. The molecule has 1 aliphatic heterocycles. The molecule has 0 amide bonds. The molecular weight excluding hydrogens is 436 g/mol. The highest BCUT2D eigenvalue weighted by Gasteiger charge is 2.48. The first kappa shape index (κ1) is 23.5. The topological polar surface area (TPSA) is 70.0 Å². The summed E-state index contributed by atoms with van der Waals surface area (Å²) in [5, 5.41) is 10.5. The van der Waals surface area contributed by atoms with E-state index in [0.29, 0.717) is 12.3 Å². The first-order valence-electron chi connectivity index (χ1n) is 12.5. The second-order valence-corrected chi connectivity index (χ2v) is 10.0. The van der Waals surface area contributed by atoms with Crippen LogP contribution in [0.15, 0.2) is 58.7 Å². The lowest BCUT2D eigenvalue weighted by atomic mass is 9.67. The molecule has 35 heavy (non-hydrogen) atoms. The average molecular weight is 471 g/mol. The summed E-state index contributed by atoms with van der Waals surface area (Å²) in [5.41, 5.74) is 6.50. The number of carbonyl (C=O) groups excluding carboxylic acids is 1. The zero-order valence-corrected chi connectivity index (χ0v) is 21.0. The zero-order valence-electron chi connectivity index (χ0n) is 21.0. The van der Waals surface area contributed by atoms with Crippen molar-refractivity contribution in [1.82, 2.24) is 9.88 Å². The number of hydrogen-bond acceptors (Lipinski definition) is 5. The number of rotatable bonds is 4. The summed E-state index contributed by atoms with van der Waals surface area (Å²) in [6, 6.07) is 16.7. The van der Waals surface area contributed by atoms with Gasteiger partial charge in [0.15, 0.2) is 0 Å². The van der Waals surface area contributed by atoms with Gasteiger partial charge < -0.3 is 14.6 Å². The molecule has 2 aromatic carbocycles. The maximum atomic E-state index is 13.2. The number of para-hydroxylation sites is 1. The molecule has 3 aromatic rings. The molecule has 1 N–H and O–H groups in total. The number of carbonyl (C=O) groups is 1. The van der Waals surface area contributed by atoms with Crippen molar-refractivity contribution in [2.45, 2.75) is 39.2 Å². The molecule has 0 spiro atoms. The van der Waals surface area contributed by atoms with Crippen molar-refractivity contribution in [1.29, 1.82) is 0 Å². The molecular formula is C29H34N4O2. The quantitative estimate of drug-likeness (QED) is 0.332. The summed E-state index contributed by atoms with van der Waals surface area (Å²) in [6.45, 7) is 5.26. The number of aromatic amines is 1. The van der Waals surface area contributed by atoms with Crippen molar-refractivity contribution in [2.24, 2.45) is 28.0 Å². The van der Waals surface area contributed by atoms with Gasteiger partial charge in [-0.05, 0) is 55.8 Å². The van der Waals surface area contributed by atoms with Gasteiger partial charge >= 0.3 is 5.97 Å². The van der Waals surface area contributed by atoms with Gasteiger partial charge in [0.05, 0.1) is 30.6 Å². The van der Waals surface area contributed by atoms with E-state index in [2.05, 4.69) is 66.2 Å². The first-order chi connectivity index (χ1) is 17.0. The number of H-pyrrole nitrogens is 1. The van der Waals surface area contributed by atoms with Gasteiger partial charge in [0.25, 0.3) is 0 Å². The predicted molar refractivity (Wildman–Crippen MR) is 141 cm³/mol. The molecule has 1 aliphatic carbocycles. The number of likely N-dealkylation sites (tertiary alicyclic amines) is 1. The lowest BCUT2D eigenvalue weighted by molar-refractivity contribution is -0.154. The van der Waals surface area contributed by atoms with Gasteiger partial charge in [-0.2, -0.15) is 10.2 Å². The molecule has 2 heterocycles. The van der Waals surface area contributed by atoms with Crippen LogP contribution in [-0.2, 0) is 16.0 Å². The Hall–Kier alpha value is -3.25. The van der Waals surface area contributed by atoms with Crippen LogP contribution in [0.5, 0.6) is 0 Å². The van der Waals surface area contributed by atoms with Gasteiger partial charge in [0.1, 0.15) is 0 Å². The monoisotopic (exact) mass is 470 g/mol. The smallest absolute Gasteiger partial charge is 0.310 e. The van der Waals surface area contributed by atoms with Gasteiger partial charge in [0.2, 0.25) is 0 Å². The minimum Gasteiger partial charge on any atom is -0.469 e. The Morgan fingerprint density at radius 1 is 1.17 bits per heavy atom. The van der Waals surface area contributed by atoms with Crippen LogP contribution in [0.25, 0.3) is 10.9 Å². The standard InChI is InChI=1S/C29H34N4O2/c1-5-20-17-33(3)26-15-23-21-8-6-7-9-24(21)31-28(23)25(14-22(20)27(26)29(34)35-4)32-30-16-19-12-10-18(2)11-13-19/h6-13,16,20,22,26-27,31H,5,14-15,17H2,1-4H3/b30-16-,32-25+/t20-,22-,26+,27-/m1/s1. The molecule has 6 heteroatoms. The molecule has 4 atom stereocenters. The Kier molecular flexibility index (Phi) is 6.56. The van der Waals surface area contributed by atoms with Gasteiger partial charge in [-0.25, -0.2) is 0 Å². The Morgan fingerprint density at radius 3 is 2.69 bits per heavy atom. The molecule has 1 aromatic heterocycles. The molecule has 2 aliphatic rings. The van der Waals surface area contributed by atoms with Crippen molar-refractivity contribution >= 4 is 28.8 Å². The number of aryl methyl sites for hydroxylation is 1. The number of methoxy groups -OCH3 is 1. The lowest BCUT2D eigenvalue weighted by Gasteiger charge is -2.48. The maximum absolute atomic E-state index is 13.2. The van der Waals surface area contributed by atoms with Crippen molar-refractivity contribution in [2.75, 3.05) is 20.7 Å². The highest BCUT2D eigenvalue weighted by Crippen LogP contribution is 2.42. The van der Waals surface area contributed by atoms with E-state index in [1.165, 1.54) is 23.6 Å². The molecule has 6 nitrogen and oxygen atoms in total. The molecule has 0 radical (unpaired) electrons. The number of piperidine rings is 1. The maximum Gasteiger partial charge on any atom is 0.310 e. The number of esters is 1. The van der Waals surface area contributed by atoms with Crippen molar-refractivity contribution in [3.8, 4) is 0 Å². The third-order valence-corrected chi connectivity index (χ3v) is 7.97. The number of fused-ring (bicyclic) bond motifs is 5. The van der Waals surface area contributed by atoms with Crippen LogP contribution in [0.1, 0.15) is 42.1 Å². The van der Waals surface area contributed by atoms with Gasteiger partial charge in [-0.1, -0.05) is 61.4 Å². The first-order valence-corrected chi connectivity index (χ1v) is 12.5. The van der Waals surface area contributed by atoms with Crippen LogP contribution in [0, 0.1) is 24.7 Å². The highest BCUT2D eigenvalue weighted by molar-refractivity contribution is 6.06. The van der Waals surface area contributed by atoms with Crippen molar-refractivity contribution < 1.29 is 9.53 Å². The van der Waals surface area contributed by atoms with Crippen LogP contribution in [0.3, 0.4) is 0 Å². The summed E-state index contributed by atoms with van der Waals surface area (Å²) < 4.78 is 5.36. The highest BCUT2D eigenvalue weighted by atomic mass is 16.5. The van der Waals surface area contributed by atoms with Gasteiger partial charge in [-0.3, -0.25) is 4.79 Å². The third-order valence-electron chi connectivity index (χ3n) is 7.97. The summed E-state index contributed by atoms with van der Waals surface area (Å²) in [4.78, 5) is 19.2. The van der Waals surface area contributed by atoms with E-state index in [1.807, 2.05) is 18.2 Å². The third kappa shape index (κ3) is 4.43. The second kappa shape index (κ2) is 9.78. The zero-order chi connectivity index (χ0) is 24.5. The Balaban J connectivity index is 1.64. The summed E-state index contributed by atoms with van der Waals surface area (Å²) in [7, 11) is 3.66. The van der Waals surface area contributed by atoms with E-state index >= 15 is 0 Å². The van der Waals surface area contributed by atoms with Crippen LogP contribution >= 0.6 is 0 Å². The Bertz CT molecular complexity index is 1270. The average Bonchev–Trinajstić information content (AvgIpc) is 3.22. The summed E-state index contributed by atoms with van der Waals surface area (Å²) in [5.74, 6) is 0.228. The normalized spacial score (nSPS) is 26.0. The van der Waals surface area contributed by atoms with E-state index in [1.54, 1.807) is 6.21 Å². The number of benzene rings is 2. The molecule has 0 saturated carbocycles. The SMILES string of the molecule is CC[C@@H]1CN(C)[C@H]2Cc3c([nH]c4ccccc34)/C(=N/N=C\c3ccc(C)cc3)C[C@H]1[C@H]2C(=O)OC. The predicted octanol–water partition coefficient (Wildman–Crippen LogP) is 4.99. The Labute approximate surface area is 207 Å². The number of ether oxygens (including phenoxy) is 1. The van der Waals surface area contributed by atoms with E-state index in [4.69, 9.17) is 9.84 Å². The molecule has 1 saturated heterocycles. The van der Waals surface area contributed by atoms with Crippen molar-refractivity contribution in [3.05, 3.63) is 70.9 Å². The number of hydrogen-bond donors (Lipinski definition) is 1. The minimum absolute atomic E-state index is 0.0887. The van der Waals surface area contributed by atoms with E-state index < -0.39 is 0 Å². The van der Waals surface area contributed by atoms with E-state index in [-0.39, 0.29) is 23.8 Å². The number of nitrogens with one attached hydrogen (secondary N) is 1. The van der Waals surface area contributed by atoms with E-state index in [0.717, 1.165) is 41.9 Å². The lowest BCUT2D eigenvalue weighted by Crippen LogP contribution is -2.56. The fourth-order valence-electron chi connectivity index (χ4n) is 6.07. The number of nitrogens with zero attached hydrogens (tertiary/aromatic N) is 3. The molecule has 0 unspecified atom stereocenters. The second-order valence-electron chi connectivity index (χ2n) is 10.0. The number of likely N-dealkylation sites (N-methyl/N-ethyl adjacent to an activating group) is 1. The van der Waals surface area contributed by atoms with Gasteiger partial charge in [-0.15, -0.1) is 0 Å². The fraction of sp³-hybridized carbons (Fsp3) is 0.414. The molecule has 182 valence electrons. The van der Waals surface area contributed by atoms with Crippen molar-refractivity contribution in [3.63, 3.8) is 0 Å². The van der Waals surface area contributed by atoms with Gasteiger partial charge in [0, 0.05) is 23.5 Å². The summed E-state index contributed by atoms with van der Waals surface area (Å²) >= 11 is 0. The van der Waals surface area contributed by atoms with Crippen LogP contribution in [0.2, 0.25) is 0 Å². The largest absolute Gasteiger partial charge is 0.469 e. The molecule has 2 bridgehead atoms.